The molecule has 33 heavy (non-hydrogen) atoms. The fourth-order valence-corrected chi connectivity index (χ4v) is 4.54. The summed E-state index contributed by atoms with van der Waals surface area (Å²) < 4.78 is 60.1. The average Bonchev–Trinajstić information content (AvgIpc) is 3.55. The van der Waals surface area contributed by atoms with E-state index in [2.05, 4.69) is 4.98 Å². The molecule has 1 saturated heterocycles. The molecule has 2 fully saturated rings. The normalized spacial score (nSPS) is 17.4. The Morgan fingerprint density at radius 3 is 2.58 bits per heavy atom. The maximum Gasteiger partial charge on any atom is 0.267 e. The highest BCUT2D eigenvalue weighted by atomic mass is 35.5. The molecule has 0 unspecified atom stereocenters. The molecule has 0 bridgehead atoms. The molecular weight excluding hydrogens is 476 g/mol. The van der Waals surface area contributed by atoms with Gasteiger partial charge in [-0.05, 0) is 43.4 Å². The van der Waals surface area contributed by atoms with Crippen molar-refractivity contribution in [3.8, 4) is 5.75 Å². The van der Waals surface area contributed by atoms with Crippen LogP contribution in [0.5, 0.6) is 5.75 Å². The highest BCUT2D eigenvalue weighted by Crippen LogP contribution is 2.46. The molecule has 1 aromatic carbocycles. The molecule has 0 spiro atoms. The molecule has 2 heterocycles. The zero-order valence-electron chi connectivity index (χ0n) is 18.2. The fraction of sp³-hybridized carbons (Fsp3) is 0.455. The van der Waals surface area contributed by atoms with E-state index < -0.39 is 27.6 Å². The number of amides is 1. The third-order valence-electron chi connectivity index (χ3n) is 5.80. The Balaban J connectivity index is 1.46. The monoisotopic (exact) mass is 499 g/mol. The second-order valence-corrected chi connectivity index (χ2v) is 11.3. The summed E-state index contributed by atoms with van der Waals surface area (Å²) in [6.07, 6.45) is 3.14. The van der Waals surface area contributed by atoms with Crippen LogP contribution >= 0.6 is 11.6 Å². The standard InChI is InChI=1S/C22H24ClF2N3O4S/c1-3-33(30,31)27-21(29)16-7-15(13-4-5-13)19(8-17(16)24)32-12-22(2)10-28(11-22)20-18(25)6-14(23)9-26-20/h6-9,13H,3-5,10-12H2,1-2H3,(H,27,29). The van der Waals surface area contributed by atoms with Crippen molar-refractivity contribution >= 4 is 33.3 Å². The van der Waals surface area contributed by atoms with Gasteiger partial charge in [-0.25, -0.2) is 26.9 Å². The van der Waals surface area contributed by atoms with Crippen LogP contribution in [0.2, 0.25) is 5.02 Å². The quantitative estimate of drug-likeness (QED) is 0.593. The van der Waals surface area contributed by atoms with Gasteiger partial charge >= 0.3 is 0 Å². The van der Waals surface area contributed by atoms with Crippen LogP contribution in [0.25, 0.3) is 0 Å². The number of anilines is 1. The Labute approximate surface area is 196 Å². The zero-order valence-corrected chi connectivity index (χ0v) is 19.8. The maximum atomic E-state index is 14.7. The van der Waals surface area contributed by atoms with Crippen molar-refractivity contribution in [1.29, 1.82) is 0 Å². The molecular formula is C22H24ClF2N3O4S. The SMILES string of the molecule is CCS(=O)(=O)NC(=O)c1cc(C2CC2)c(OCC2(C)CN(c3ncc(Cl)cc3F)C2)cc1F. The number of carbonyl (C=O) groups excluding carboxylic acids is 1. The number of pyridine rings is 1. The molecule has 11 heteroatoms. The van der Waals surface area contributed by atoms with E-state index in [4.69, 9.17) is 16.3 Å². The summed E-state index contributed by atoms with van der Waals surface area (Å²) in [5, 5.41) is 0.224. The third kappa shape index (κ3) is 5.22. The fourth-order valence-electron chi connectivity index (χ4n) is 3.86. The predicted octanol–water partition coefficient (Wildman–Crippen LogP) is 3.88. The van der Waals surface area contributed by atoms with E-state index in [1.165, 1.54) is 25.3 Å². The van der Waals surface area contributed by atoms with Gasteiger partial charge in [0.25, 0.3) is 5.91 Å². The second-order valence-electron chi connectivity index (χ2n) is 8.89. The molecule has 1 saturated carbocycles. The Hall–Kier alpha value is -2.46. The van der Waals surface area contributed by atoms with Gasteiger partial charge < -0.3 is 9.64 Å². The molecule has 1 aliphatic heterocycles. The summed E-state index contributed by atoms with van der Waals surface area (Å²) in [7, 11) is -3.81. The Kier molecular flexibility index (Phi) is 6.26. The van der Waals surface area contributed by atoms with E-state index in [9.17, 15) is 22.0 Å². The lowest BCUT2D eigenvalue weighted by Crippen LogP contribution is -2.58. The minimum Gasteiger partial charge on any atom is -0.492 e. The average molecular weight is 500 g/mol. The van der Waals surface area contributed by atoms with Crippen molar-refractivity contribution in [1.82, 2.24) is 9.71 Å². The molecule has 1 amide bonds. The minimum atomic E-state index is -3.81. The molecule has 1 N–H and O–H groups in total. The van der Waals surface area contributed by atoms with Crippen LogP contribution in [-0.4, -0.2) is 44.8 Å². The van der Waals surface area contributed by atoms with Crippen molar-refractivity contribution in [3.05, 3.63) is 52.2 Å². The first-order valence-corrected chi connectivity index (χ1v) is 12.6. The number of hydrogen-bond acceptors (Lipinski definition) is 6. The third-order valence-corrected chi connectivity index (χ3v) is 7.26. The number of carbonyl (C=O) groups is 1. The van der Waals surface area contributed by atoms with Gasteiger partial charge in [0.2, 0.25) is 10.0 Å². The second kappa shape index (κ2) is 8.72. The number of nitrogens with zero attached hydrogens (tertiary/aromatic N) is 2. The van der Waals surface area contributed by atoms with Crippen molar-refractivity contribution in [2.75, 3.05) is 30.3 Å². The van der Waals surface area contributed by atoms with Crippen molar-refractivity contribution in [2.45, 2.75) is 32.6 Å². The Bertz CT molecular complexity index is 1200. The number of nitrogens with one attached hydrogen (secondary N) is 1. The van der Waals surface area contributed by atoms with Crippen molar-refractivity contribution in [3.63, 3.8) is 0 Å². The van der Waals surface area contributed by atoms with Gasteiger partial charge in [-0.3, -0.25) is 4.79 Å². The first kappa shape index (κ1) is 23.7. The molecule has 2 aliphatic rings. The largest absolute Gasteiger partial charge is 0.492 e. The molecule has 4 rings (SSSR count). The summed E-state index contributed by atoms with van der Waals surface area (Å²) in [4.78, 5) is 18.1. The van der Waals surface area contributed by atoms with Gasteiger partial charge in [0, 0.05) is 30.8 Å². The Morgan fingerprint density at radius 2 is 1.97 bits per heavy atom. The maximum absolute atomic E-state index is 14.7. The summed E-state index contributed by atoms with van der Waals surface area (Å²) in [5.74, 6) is -1.95. The van der Waals surface area contributed by atoms with Crippen LogP contribution in [0, 0.1) is 17.0 Å². The van der Waals surface area contributed by atoms with Crippen LogP contribution in [0.4, 0.5) is 14.6 Å². The topological polar surface area (TPSA) is 88.6 Å². The number of benzene rings is 1. The highest BCUT2D eigenvalue weighted by Gasteiger charge is 2.42. The molecule has 0 atom stereocenters. The van der Waals surface area contributed by atoms with Crippen LogP contribution in [0.15, 0.2) is 24.4 Å². The number of aromatic nitrogens is 1. The van der Waals surface area contributed by atoms with E-state index in [0.29, 0.717) is 24.4 Å². The molecule has 0 radical (unpaired) electrons. The molecule has 178 valence electrons. The summed E-state index contributed by atoms with van der Waals surface area (Å²) in [6.45, 7) is 4.61. The van der Waals surface area contributed by atoms with Gasteiger partial charge in [0.1, 0.15) is 11.6 Å². The number of hydrogen-bond donors (Lipinski definition) is 1. The van der Waals surface area contributed by atoms with E-state index in [-0.39, 0.29) is 40.1 Å². The van der Waals surface area contributed by atoms with Gasteiger partial charge in [0.05, 0.1) is 22.9 Å². The Morgan fingerprint density at radius 1 is 1.27 bits per heavy atom. The van der Waals surface area contributed by atoms with Gasteiger partial charge in [-0.1, -0.05) is 18.5 Å². The zero-order chi connectivity index (χ0) is 24.0. The minimum absolute atomic E-state index is 0.132. The van der Waals surface area contributed by atoms with Gasteiger partial charge in [-0.15, -0.1) is 0 Å². The number of sulfonamides is 1. The van der Waals surface area contributed by atoms with Crippen molar-refractivity contribution < 1.29 is 26.7 Å². The van der Waals surface area contributed by atoms with Crippen LogP contribution in [-0.2, 0) is 10.0 Å². The molecule has 7 nitrogen and oxygen atoms in total. The van der Waals surface area contributed by atoms with E-state index in [1.54, 1.807) is 4.90 Å². The summed E-state index contributed by atoms with van der Waals surface area (Å²) >= 11 is 5.76. The molecule has 2 aromatic rings. The molecule has 1 aromatic heterocycles. The lowest BCUT2D eigenvalue weighted by Gasteiger charge is -2.48. The first-order valence-electron chi connectivity index (χ1n) is 10.6. The smallest absolute Gasteiger partial charge is 0.267 e. The number of halogens is 3. The lowest BCUT2D eigenvalue weighted by atomic mass is 9.83. The first-order chi connectivity index (χ1) is 15.5. The van der Waals surface area contributed by atoms with Gasteiger partial charge in [-0.2, -0.15) is 0 Å². The predicted molar refractivity (Wildman–Crippen MR) is 120 cm³/mol. The summed E-state index contributed by atoms with van der Waals surface area (Å²) in [6, 6.07) is 3.73. The highest BCUT2D eigenvalue weighted by molar-refractivity contribution is 7.90. The van der Waals surface area contributed by atoms with E-state index in [0.717, 1.165) is 18.9 Å². The van der Waals surface area contributed by atoms with Crippen LogP contribution < -0.4 is 14.4 Å². The lowest BCUT2D eigenvalue weighted by molar-refractivity contribution is 0.0976. The van der Waals surface area contributed by atoms with E-state index in [1.807, 2.05) is 11.6 Å². The van der Waals surface area contributed by atoms with Crippen molar-refractivity contribution in [2.24, 2.45) is 5.41 Å². The number of ether oxygens (including phenoxy) is 1. The summed E-state index contributed by atoms with van der Waals surface area (Å²) in [5.41, 5.74) is 0.0447. The molecule has 1 aliphatic carbocycles. The van der Waals surface area contributed by atoms with Gasteiger partial charge in [0.15, 0.2) is 11.6 Å². The van der Waals surface area contributed by atoms with Crippen LogP contribution in [0.3, 0.4) is 0 Å². The van der Waals surface area contributed by atoms with Crippen LogP contribution in [0.1, 0.15) is 48.5 Å². The number of rotatable bonds is 8. The van der Waals surface area contributed by atoms with E-state index >= 15 is 0 Å².